The van der Waals surface area contributed by atoms with Crippen LogP contribution >= 0.6 is 12.4 Å². The Morgan fingerprint density at radius 2 is 2.11 bits per heavy atom. The summed E-state index contributed by atoms with van der Waals surface area (Å²) in [5.41, 5.74) is 7.36. The van der Waals surface area contributed by atoms with E-state index < -0.39 is 0 Å². The molecule has 1 heterocycles. The van der Waals surface area contributed by atoms with E-state index in [1.807, 2.05) is 36.1 Å². The first-order chi connectivity index (χ1) is 8.65. The highest BCUT2D eigenvalue weighted by molar-refractivity contribution is 5.85. The van der Waals surface area contributed by atoms with E-state index in [1.54, 1.807) is 0 Å². The maximum absolute atomic E-state index is 12.2. The fourth-order valence-electron chi connectivity index (χ4n) is 2.14. The van der Waals surface area contributed by atoms with E-state index in [0.29, 0.717) is 13.0 Å². The number of carbonyl (C=O) groups is 1. The Balaban J connectivity index is 0.00000180. The Hall–Kier alpha value is -1.26. The quantitative estimate of drug-likeness (QED) is 0.844. The predicted octanol–water partition coefficient (Wildman–Crippen LogP) is 1.87. The molecule has 19 heavy (non-hydrogen) atoms. The van der Waals surface area contributed by atoms with Crippen LogP contribution in [-0.4, -0.2) is 36.6 Å². The van der Waals surface area contributed by atoms with Gasteiger partial charge in [-0.3, -0.25) is 4.79 Å². The second-order valence-electron chi connectivity index (χ2n) is 4.79. The molecule has 5 heteroatoms. The number of anilines is 1. The SMILES string of the molecule is CC1CN(C(=O)Cc2ccc(N)cc2)CCCO1.Cl. The van der Waals surface area contributed by atoms with Crippen molar-refractivity contribution in [1.82, 2.24) is 4.90 Å². The molecule has 1 aromatic rings. The van der Waals surface area contributed by atoms with Gasteiger partial charge in [-0.1, -0.05) is 12.1 Å². The highest BCUT2D eigenvalue weighted by Gasteiger charge is 2.19. The molecule has 0 saturated carbocycles. The first kappa shape index (κ1) is 15.8. The van der Waals surface area contributed by atoms with E-state index in [0.717, 1.165) is 30.8 Å². The van der Waals surface area contributed by atoms with Crippen molar-refractivity contribution in [2.24, 2.45) is 0 Å². The number of hydrogen-bond acceptors (Lipinski definition) is 3. The molecule has 0 bridgehead atoms. The molecule has 0 aliphatic carbocycles. The molecule has 0 radical (unpaired) electrons. The number of hydrogen-bond donors (Lipinski definition) is 1. The molecule has 1 fully saturated rings. The van der Waals surface area contributed by atoms with Crippen LogP contribution in [0.3, 0.4) is 0 Å². The van der Waals surface area contributed by atoms with Crippen LogP contribution < -0.4 is 5.73 Å². The summed E-state index contributed by atoms with van der Waals surface area (Å²) in [6, 6.07) is 7.48. The van der Waals surface area contributed by atoms with Crippen LogP contribution in [0.5, 0.6) is 0 Å². The monoisotopic (exact) mass is 284 g/mol. The summed E-state index contributed by atoms with van der Waals surface area (Å²) in [6.07, 6.45) is 1.48. The van der Waals surface area contributed by atoms with Crippen LogP contribution in [0.2, 0.25) is 0 Å². The molecule has 1 aliphatic rings. The van der Waals surface area contributed by atoms with Crippen molar-refractivity contribution in [1.29, 1.82) is 0 Å². The number of ether oxygens (including phenoxy) is 1. The smallest absolute Gasteiger partial charge is 0.227 e. The number of rotatable bonds is 2. The maximum atomic E-state index is 12.2. The van der Waals surface area contributed by atoms with E-state index in [4.69, 9.17) is 10.5 Å². The summed E-state index contributed by atoms with van der Waals surface area (Å²) < 4.78 is 5.54. The first-order valence-corrected chi connectivity index (χ1v) is 6.39. The Labute approximate surface area is 120 Å². The number of nitrogen functional groups attached to an aromatic ring is 1. The molecule has 1 saturated heterocycles. The van der Waals surface area contributed by atoms with Crippen molar-refractivity contribution in [3.05, 3.63) is 29.8 Å². The first-order valence-electron chi connectivity index (χ1n) is 6.39. The van der Waals surface area contributed by atoms with Gasteiger partial charge in [0, 0.05) is 25.4 Å². The minimum absolute atomic E-state index is 0. The lowest BCUT2D eigenvalue weighted by Crippen LogP contribution is -2.36. The standard InChI is InChI=1S/C14H20N2O2.ClH/c1-11-10-16(7-2-8-18-11)14(17)9-12-3-5-13(15)6-4-12;/h3-6,11H,2,7-10,15H2,1H3;1H. The lowest BCUT2D eigenvalue weighted by Gasteiger charge is -2.22. The minimum atomic E-state index is 0. The summed E-state index contributed by atoms with van der Waals surface area (Å²) in [7, 11) is 0. The third kappa shape index (κ3) is 4.73. The fourth-order valence-corrected chi connectivity index (χ4v) is 2.14. The molecule has 0 aromatic heterocycles. The second-order valence-corrected chi connectivity index (χ2v) is 4.79. The molecule has 1 amide bonds. The lowest BCUT2D eigenvalue weighted by molar-refractivity contribution is -0.131. The lowest BCUT2D eigenvalue weighted by atomic mass is 10.1. The average Bonchev–Trinajstić information content (AvgIpc) is 2.57. The van der Waals surface area contributed by atoms with Crippen molar-refractivity contribution in [2.75, 3.05) is 25.4 Å². The molecule has 4 nitrogen and oxygen atoms in total. The summed E-state index contributed by atoms with van der Waals surface area (Å²) in [5, 5.41) is 0. The number of amides is 1. The van der Waals surface area contributed by atoms with Gasteiger partial charge in [-0.05, 0) is 31.0 Å². The van der Waals surface area contributed by atoms with E-state index in [-0.39, 0.29) is 24.4 Å². The van der Waals surface area contributed by atoms with Crippen molar-refractivity contribution in [2.45, 2.75) is 25.9 Å². The molecule has 1 aromatic carbocycles. The maximum Gasteiger partial charge on any atom is 0.227 e. The highest BCUT2D eigenvalue weighted by atomic mass is 35.5. The van der Waals surface area contributed by atoms with Crippen LogP contribution in [0.4, 0.5) is 5.69 Å². The van der Waals surface area contributed by atoms with Crippen molar-refractivity contribution in [3.8, 4) is 0 Å². The zero-order valence-corrected chi connectivity index (χ0v) is 12.0. The topological polar surface area (TPSA) is 55.6 Å². The van der Waals surface area contributed by atoms with Gasteiger partial charge in [-0.25, -0.2) is 0 Å². The molecular formula is C14H21ClN2O2. The van der Waals surface area contributed by atoms with Gasteiger partial charge < -0.3 is 15.4 Å². The molecule has 106 valence electrons. The zero-order chi connectivity index (χ0) is 13.0. The molecule has 2 N–H and O–H groups in total. The Bertz CT molecular complexity index is 408. The third-order valence-electron chi connectivity index (χ3n) is 3.14. The summed E-state index contributed by atoms with van der Waals surface area (Å²) in [6.45, 7) is 4.23. The Morgan fingerprint density at radius 3 is 2.79 bits per heavy atom. The fraction of sp³-hybridized carbons (Fsp3) is 0.500. The molecule has 1 unspecified atom stereocenters. The van der Waals surface area contributed by atoms with Gasteiger partial charge in [-0.2, -0.15) is 0 Å². The van der Waals surface area contributed by atoms with E-state index in [9.17, 15) is 4.79 Å². The predicted molar refractivity (Wildman–Crippen MR) is 78.4 cm³/mol. The number of nitrogens with two attached hydrogens (primary N) is 1. The van der Waals surface area contributed by atoms with Gasteiger partial charge in [0.1, 0.15) is 0 Å². The van der Waals surface area contributed by atoms with Gasteiger partial charge in [0.15, 0.2) is 0 Å². The van der Waals surface area contributed by atoms with Crippen molar-refractivity contribution >= 4 is 24.0 Å². The van der Waals surface area contributed by atoms with Gasteiger partial charge in [0.25, 0.3) is 0 Å². The molecule has 1 aliphatic heterocycles. The van der Waals surface area contributed by atoms with Gasteiger partial charge in [-0.15, -0.1) is 12.4 Å². The van der Waals surface area contributed by atoms with Crippen LogP contribution in [0.15, 0.2) is 24.3 Å². The van der Waals surface area contributed by atoms with E-state index in [2.05, 4.69) is 0 Å². The van der Waals surface area contributed by atoms with Crippen LogP contribution in [0, 0.1) is 0 Å². The summed E-state index contributed by atoms with van der Waals surface area (Å²) in [5.74, 6) is 0.164. The van der Waals surface area contributed by atoms with Crippen molar-refractivity contribution < 1.29 is 9.53 Å². The zero-order valence-electron chi connectivity index (χ0n) is 11.2. The van der Waals surface area contributed by atoms with Crippen LogP contribution in [0.25, 0.3) is 0 Å². The van der Waals surface area contributed by atoms with Crippen molar-refractivity contribution in [3.63, 3.8) is 0 Å². The second kappa shape index (κ2) is 7.36. The van der Waals surface area contributed by atoms with Crippen LogP contribution in [0.1, 0.15) is 18.9 Å². The number of nitrogens with zero attached hydrogens (tertiary/aromatic N) is 1. The van der Waals surface area contributed by atoms with Crippen LogP contribution in [-0.2, 0) is 16.0 Å². The minimum Gasteiger partial charge on any atom is -0.399 e. The molecule has 1 atom stereocenters. The van der Waals surface area contributed by atoms with Gasteiger partial charge in [0.05, 0.1) is 12.5 Å². The van der Waals surface area contributed by atoms with E-state index >= 15 is 0 Å². The number of benzene rings is 1. The van der Waals surface area contributed by atoms with E-state index in [1.165, 1.54) is 0 Å². The Morgan fingerprint density at radius 1 is 1.42 bits per heavy atom. The molecular weight excluding hydrogens is 264 g/mol. The summed E-state index contributed by atoms with van der Waals surface area (Å²) in [4.78, 5) is 14.1. The number of carbonyl (C=O) groups excluding carboxylic acids is 1. The largest absolute Gasteiger partial charge is 0.399 e. The Kier molecular flexibility index (Phi) is 6.12. The normalized spacial score (nSPS) is 19.4. The molecule has 0 spiro atoms. The van der Waals surface area contributed by atoms with Gasteiger partial charge in [0.2, 0.25) is 5.91 Å². The third-order valence-corrected chi connectivity index (χ3v) is 3.14. The molecule has 2 rings (SSSR count). The number of halogens is 1. The van der Waals surface area contributed by atoms with Gasteiger partial charge >= 0.3 is 0 Å². The highest BCUT2D eigenvalue weighted by Crippen LogP contribution is 2.10. The summed E-state index contributed by atoms with van der Waals surface area (Å²) >= 11 is 0. The average molecular weight is 285 g/mol.